The number of nitrogens with one attached hydrogen (secondary N) is 3. The van der Waals surface area contributed by atoms with E-state index in [0.717, 1.165) is 28.6 Å². The molecule has 1 aromatic heterocycles. The molecule has 1 aliphatic heterocycles. The summed E-state index contributed by atoms with van der Waals surface area (Å²) in [6, 6.07) is 10.2. The van der Waals surface area contributed by atoms with E-state index in [4.69, 9.17) is 0 Å². The van der Waals surface area contributed by atoms with Crippen molar-refractivity contribution in [2.75, 3.05) is 23.1 Å². The molecule has 0 unspecified atom stereocenters. The van der Waals surface area contributed by atoms with Gasteiger partial charge in [0.1, 0.15) is 23.6 Å². The van der Waals surface area contributed by atoms with Crippen LogP contribution in [0.1, 0.15) is 24.5 Å². The molecule has 0 amide bonds. The van der Waals surface area contributed by atoms with E-state index in [2.05, 4.69) is 25.3 Å². The lowest BCUT2D eigenvalue weighted by Crippen LogP contribution is -2.44. The Morgan fingerprint density at radius 2 is 1.80 bits per heavy atom. The van der Waals surface area contributed by atoms with Gasteiger partial charge in [0, 0.05) is 48.8 Å². The van der Waals surface area contributed by atoms with E-state index < -0.39 is 39.4 Å². The number of nitrogens with zero attached hydrogens (tertiary/aromatic N) is 2. The number of hydrogen-bond donors (Lipinski definition) is 3. The number of rotatable bonds is 8. The summed E-state index contributed by atoms with van der Waals surface area (Å²) in [7, 11) is -4.18. The molecule has 0 aliphatic carbocycles. The molecule has 4 aromatic rings. The van der Waals surface area contributed by atoms with Gasteiger partial charge in [-0.15, -0.1) is 0 Å². The molecule has 0 radical (unpaired) electrons. The first kappa shape index (κ1) is 27.8. The fraction of sp³-hybridized carbons (Fsp3) is 0.286. The van der Waals surface area contributed by atoms with Crippen LogP contribution >= 0.6 is 0 Å². The van der Waals surface area contributed by atoms with Crippen LogP contribution in [-0.4, -0.2) is 43.7 Å². The Morgan fingerprint density at radius 1 is 0.975 bits per heavy atom. The molecule has 0 bridgehead atoms. The Hall–Kier alpha value is -3.77. The van der Waals surface area contributed by atoms with Gasteiger partial charge in [0.25, 0.3) is 0 Å². The fourth-order valence-electron chi connectivity index (χ4n) is 4.73. The SMILES string of the molecule is CCc1cc(-c2ccc(NS(=O)(=O)Cc3ccc(F)cc3F)c(F)c2)cc2cnc(N[C@@H]3CNC[C@@H](F)C3)nc12. The third-order valence-corrected chi connectivity index (χ3v) is 7.92. The number of hydrogen-bond acceptors (Lipinski definition) is 6. The Bertz CT molecular complexity index is 1670. The minimum atomic E-state index is -4.18. The maximum Gasteiger partial charge on any atom is 0.237 e. The second-order valence-corrected chi connectivity index (χ2v) is 11.5. The Labute approximate surface area is 229 Å². The molecule has 1 aliphatic rings. The molecule has 0 saturated carbocycles. The number of piperidine rings is 1. The van der Waals surface area contributed by atoms with Gasteiger partial charge in [-0.25, -0.2) is 35.9 Å². The van der Waals surface area contributed by atoms with Gasteiger partial charge in [-0.2, -0.15) is 0 Å². The van der Waals surface area contributed by atoms with Crippen molar-refractivity contribution < 1.29 is 26.0 Å². The van der Waals surface area contributed by atoms with E-state index in [1.807, 2.05) is 19.1 Å². The summed E-state index contributed by atoms with van der Waals surface area (Å²) in [6.45, 7) is 2.92. The van der Waals surface area contributed by atoms with Crippen molar-refractivity contribution in [1.82, 2.24) is 15.3 Å². The van der Waals surface area contributed by atoms with Crippen molar-refractivity contribution in [2.24, 2.45) is 0 Å². The number of benzene rings is 3. The van der Waals surface area contributed by atoms with Gasteiger partial charge >= 0.3 is 0 Å². The van der Waals surface area contributed by atoms with Crippen molar-refractivity contribution in [1.29, 1.82) is 0 Å². The number of fused-ring (bicyclic) bond motifs is 1. The molecule has 7 nitrogen and oxygen atoms in total. The van der Waals surface area contributed by atoms with Crippen LogP contribution in [0.3, 0.4) is 0 Å². The summed E-state index contributed by atoms with van der Waals surface area (Å²) in [4.78, 5) is 9.03. The predicted molar refractivity (Wildman–Crippen MR) is 147 cm³/mol. The summed E-state index contributed by atoms with van der Waals surface area (Å²) >= 11 is 0. The Kier molecular flexibility index (Phi) is 7.90. The van der Waals surface area contributed by atoms with E-state index in [1.54, 1.807) is 12.3 Å². The zero-order valence-corrected chi connectivity index (χ0v) is 22.3. The smallest absolute Gasteiger partial charge is 0.237 e. The molecular weight excluding hydrogens is 546 g/mol. The highest BCUT2D eigenvalue weighted by atomic mass is 32.2. The van der Waals surface area contributed by atoms with Gasteiger partial charge in [-0.1, -0.05) is 19.1 Å². The molecule has 1 fully saturated rings. The zero-order chi connectivity index (χ0) is 28.4. The van der Waals surface area contributed by atoms with Crippen LogP contribution in [0.2, 0.25) is 0 Å². The lowest BCUT2D eigenvalue weighted by Gasteiger charge is -2.26. The highest BCUT2D eigenvalue weighted by Crippen LogP contribution is 2.30. The lowest BCUT2D eigenvalue weighted by atomic mass is 9.98. The number of sulfonamides is 1. The second-order valence-electron chi connectivity index (χ2n) is 9.74. The summed E-state index contributed by atoms with van der Waals surface area (Å²) in [5.74, 6) is -3.03. The maximum atomic E-state index is 15.0. The maximum absolute atomic E-state index is 15.0. The lowest BCUT2D eigenvalue weighted by molar-refractivity contribution is 0.254. The van der Waals surface area contributed by atoms with Gasteiger partial charge in [0.2, 0.25) is 16.0 Å². The van der Waals surface area contributed by atoms with E-state index in [-0.39, 0.29) is 17.3 Å². The molecule has 5 rings (SSSR count). The standard InChI is InChI=1S/C28H27F4N5O2S/c1-2-16-7-19(8-20-12-34-28(36-27(16)20)35-23-10-22(30)13-33-14-23)17-4-6-26(25(32)9-17)37-40(38,39)15-18-3-5-21(29)11-24(18)31/h3-9,11-12,22-23,33,37H,2,10,13-15H2,1H3,(H,34,35,36)/t22-,23-/m0/s1. The first-order valence-electron chi connectivity index (χ1n) is 12.8. The number of alkyl halides is 1. The van der Waals surface area contributed by atoms with E-state index in [1.165, 1.54) is 12.1 Å². The average molecular weight is 574 g/mol. The van der Waals surface area contributed by atoms with Crippen molar-refractivity contribution in [2.45, 2.75) is 37.7 Å². The number of anilines is 2. The number of aryl methyl sites for hydroxylation is 1. The largest absolute Gasteiger partial charge is 0.350 e. The van der Waals surface area contributed by atoms with Crippen LogP contribution in [0.5, 0.6) is 0 Å². The van der Waals surface area contributed by atoms with Gasteiger partial charge in [0.15, 0.2) is 0 Å². The second kappa shape index (κ2) is 11.4. The van der Waals surface area contributed by atoms with E-state index >= 15 is 4.39 Å². The van der Waals surface area contributed by atoms with Gasteiger partial charge in [-0.3, -0.25) is 4.72 Å². The molecule has 3 aromatic carbocycles. The molecule has 12 heteroatoms. The third kappa shape index (κ3) is 6.34. The summed E-state index contributed by atoms with van der Waals surface area (Å²) in [5, 5.41) is 6.96. The van der Waals surface area contributed by atoms with Crippen LogP contribution in [0, 0.1) is 17.5 Å². The van der Waals surface area contributed by atoms with Gasteiger partial charge in [-0.05, 0) is 53.4 Å². The summed E-state index contributed by atoms with van der Waals surface area (Å²) in [5.41, 5.74) is 2.28. The van der Waals surface area contributed by atoms with E-state index in [0.29, 0.717) is 49.1 Å². The fourth-order valence-corrected chi connectivity index (χ4v) is 5.95. The van der Waals surface area contributed by atoms with Crippen LogP contribution in [-0.2, 0) is 22.2 Å². The Morgan fingerprint density at radius 3 is 2.52 bits per heavy atom. The highest BCUT2D eigenvalue weighted by molar-refractivity contribution is 7.91. The number of halogens is 4. The van der Waals surface area contributed by atoms with Crippen LogP contribution in [0.15, 0.2) is 54.7 Å². The quantitative estimate of drug-likeness (QED) is 0.247. The van der Waals surface area contributed by atoms with Gasteiger partial charge < -0.3 is 10.6 Å². The highest BCUT2D eigenvalue weighted by Gasteiger charge is 2.22. The van der Waals surface area contributed by atoms with Crippen molar-refractivity contribution in [3.05, 3.63) is 83.3 Å². The molecule has 1 saturated heterocycles. The molecular formula is C28H27F4N5O2S. The van der Waals surface area contributed by atoms with E-state index in [9.17, 15) is 21.6 Å². The van der Waals surface area contributed by atoms with Crippen LogP contribution < -0.4 is 15.4 Å². The monoisotopic (exact) mass is 573 g/mol. The minimum Gasteiger partial charge on any atom is -0.350 e. The Balaban J connectivity index is 1.37. The minimum absolute atomic E-state index is 0.126. The average Bonchev–Trinajstić information content (AvgIpc) is 2.91. The summed E-state index contributed by atoms with van der Waals surface area (Å²) in [6.07, 6.45) is 1.73. The third-order valence-electron chi connectivity index (χ3n) is 6.70. The molecule has 2 atom stereocenters. The van der Waals surface area contributed by atoms with Crippen molar-refractivity contribution >= 4 is 32.6 Å². The first-order chi connectivity index (χ1) is 19.1. The normalized spacial score (nSPS) is 17.6. The molecule has 210 valence electrons. The molecule has 3 N–H and O–H groups in total. The van der Waals surface area contributed by atoms with Gasteiger partial charge in [0.05, 0.1) is 17.0 Å². The van der Waals surface area contributed by atoms with Crippen LogP contribution in [0.4, 0.5) is 29.2 Å². The predicted octanol–water partition coefficient (Wildman–Crippen LogP) is 5.33. The van der Waals surface area contributed by atoms with Crippen LogP contribution in [0.25, 0.3) is 22.0 Å². The summed E-state index contributed by atoms with van der Waals surface area (Å²) < 4.78 is 83.0. The molecule has 40 heavy (non-hydrogen) atoms. The molecule has 2 heterocycles. The zero-order valence-electron chi connectivity index (χ0n) is 21.5. The molecule has 0 spiro atoms. The van der Waals surface area contributed by atoms with Crippen molar-refractivity contribution in [3.8, 4) is 11.1 Å². The first-order valence-corrected chi connectivity index (χ1v) is 14.4. The number of aromatic nitrogens is 2. The topological polar surface area (TPSA) is 96.0 Å². The van der Waals surface area contributed by atoms with Crippen molar-refractivity contribution in [3.63, 3.8) is 0 Å².